The number of hydrogen-bond donors (Lipinski definition) is 2. The summed E-state index contributed by atoms with van der Waals surface area (Å²) in [4.78, 5) is 15.9. The first-order valence-corrected chi connectivity index (χ1v) is 14.4. The number of nitrogens with zero attached hydrogens (tertiary/aromatic N) is 2. The number of aromatic nitrogens is 2. The maximum absolute atomic E-state index is 13.4. The molecule has 2 N–H and O–H groups in total. The topological polar surface area (TPSA) is 70.2 Å². The quantitative estimate of drug-likeness (QED) is 0.271. The number of piperidine rings is 1. The molecular formula is C32H33ClN4O2. The molecular weight excluding hydrogens is 508 g/mol. The first kappa shape index (κ1) is 24.7. The predicted molar refractivity (Wildman–Crippen MR) is 154 cm³/mol. The van der Waals surface area contributed by atoms with Gasteiger partial charge in [0.25, 0.3) is 5.91 Å². The Labute approximate surface area is 233 Å². The van der Waals surface area contributed by atoms with Crippen LogP contribution in [0.1, 0.15) is 60.5 Å². The molecule has 39 heavy (non-hydrogen) atoms. The smallest absolute Gasteiger partial charge is 0.251 e. The zero-order chi connectivity index (χ0) is 26.5. The average Bonchev–Trinajstić information content (AvgIpc) is 3.67. The molecule has 2 unspecified atom stereocenters. The van der Waals surface area contributed by atoms with Crippen molar-refractivity contribution in [3.63, 3.8) is 0 Å². The summed E-state index contributed by atoms with van der Waals surface area (Å²) in [5.41, 5.74) is 4.30. The Morgan fingerprint density at radius 1 is 1.03 bits per heavy atom. The van der Waals surface area contributed by atoms with Gasteiger partial charge in [-0.2, -0.15) is 5.10 Å². The van der Waals surface area contributed by atoms with E-state index in [0.717, 1.165) is 59.2 Å². The van der Waals surface area contributed by atoms with Crippen molar-refractivity contribution >= 4 is 28.4 Å². The van der Waals surface area contributed by atoms with Crippen molar-refractivity contribution in [3.05, 3.63) is 82.9 Å². The third-order valence-corrected chi connectivity index (χ3v) is 9.28. The summed E-state index contributed by atoms with van der Waals surface area (Å²) in [5.74, 6) is 1.22. The van der Waals surface area contributed by atoms with Crippen molar-refractivity contribution in [3.8, 4) is 17.0 Å². The van der Waals surface area contributed by atoms with Crippen LogP contribution < -0.4 is 10.1 Å². The summed E-state index contributed by atoms with van der Waals surface area (Å²) in [6.07, 6.45) is 7.24. The molecule has 0 radical (unpaired) electrons. The molecule has 7 rings (SSSR count). The molecule has 1 aromatic heterocycles. The number of carbonyl (C=O) groups is 1. The molecule has 3 heterocycles. The highest BCUT2D eigenvalue weighted by Gasteiger charge is 2.39. The van der Waals surface area contributed by atoms with Crippen LogP contribution in [-0.2, 0) is 0 Å². The van der Waals surface area contributed by atoms with Gasteiger partial charge in [-0.25, -0.2) is 0 Å². The molecule has 1 saturated carbocycles. The fourth-order valence-electron chi connectivity index (χ4n) is 6.55. The van der Waals surface area contributed by atoms with Crippen molar-refractivity contribution in [2.75, 3.05) is 7.05 Å². The van der Waals surface area contributed by atoms with Crippen LogP contribution in [0, 0.1) is 5.92 Å². The van der Waals surface area contributed by atoms with Crippen LogP contribution in [0.2, 0.25) is 5.02 Å². The molecule has 7 heteroatoms. The number of hydrogen-bond acceptors (Lipinski definition) is 4. The molecule has 3 fully saturated rings. The minimum absolute atomic E-state index is 0.0852. The van der Waals surface area contributed by atoms with Crippen LogP contribution >= 0.6 is 11.6 Å². The lowest BCUT2D eigenvalue weighted by molar-refractivity contribution is 0.0662. The van der Waals surface area contributed by atoms with E-state index in [-0.39, 0.29) is 18.1 Å². The predicted octanol–water partition coefficient (Wildman–Crippen LogP) is 6.77. The van der Waals surface area contributed by atoms with Crippen molar-refractivity contribution in [2.45, 2.75) is 62.8 Å². The third kappa shape index (κ3) is 4.81. The highest BCUT2D eigenvalue weighted by Crippen LogP contribution is 2.43. The lowest BCUT2D eigenvalue weighted by Crippen LogP contribution is -2.43. The van der Waals surface area contributed by atoms with E-state index >= 15 is 0 Å². The zero-order valence-electron chi connectivity index (χ0n) is 22.1. The number of benzene rings is 3. The summed E-state index contributed by atoms with van der Waals surface area (Å²) >= 11 is 6.48. The van der Waals surface area contributed by atoms with Crippen LogP contribution in [-0.4, -0.2) is 46.2 Å². The molecule has 3 aromatic carbocycles. The van der Waals surface area contributed by atoms with E-state index in [4.69, 9.17) is 16.3 Å². The van der Waals surface area contributed by atoms with Crippen molar-refractivity contribution in [1.29, 1.82) is 0 Å². The number of amides is 1. The van der Waals surface area contributed by atoms with Crippen molar-refractivity contribution in [1.82, 2.24) is 20.4 Å². The second-order valence-corrected chi connectivity index (χ2v) is 11.8. The zero-order valence-corrected chi connectivity index (χ0v) is 22.8. The van der Waals surface area contributed by atoms with Gasteiger partial charge in [0.2, 0.25) is 0 Å². The number of aromatic amines is 1. The van der Waals surface area contributed by atoms with Gasteiger partial charge in [0.15, 0.2) is 0 Å². The van der Waals surface area contributed by atoms with Gasteiger partial charge >= 0.3 is 0 Å². The number of nitrogens with one attached hydrogen (secondary N) is 2. The van der Waals surface area contributed by atoms with Gasteiger partial charge in [-0.3, -0.25) is 9.89 Å². The van der Waals surface area contributed by atoms with Gasteiger partial charge in [0.05, 0.1) is 17.3 Å². The average molecular weight is 541 g/mol. The first-order valence-electron chi connectivity index (χ1n) is 14.1. The number of fused-ring (bicyclic) bond motifs is 3. The number of H-pyrrole nitrogens is 1. The van der Waals surface area contributed by atoms with E-state index in [2.05, 4.69) is 39.6 Å². The number of carbonyl (C=O) groups excluding carboxylic acids is 1. The minimum Gasteiger partial charge on any atom is -0.490 e. The largest absolute Gasteiger partial charge is 0.490 e. The van der Waals surface area contributed by atoms with E-state index in [1.54, 1.807) is 0 Å². The van der Waals surface area contributed by atoms with Crippen LogP contribution in [0.4, 0.5) is 0 Å². The molecule has 6 nitrogen and oxygen atoms in total. The van der Waals surface area contributed by atoms with E-state index in [1.807, 2.05) is 54.6 Å². The SMILES string of the molecule is CN1C2CCC1CC(Oc1ccc(-c3n[nH]c4ccc(C(=O)N[C@@H](c5ccccc5Cl)C5CC5)cc34)cc1)C2. The fourth-order valence-corrected chi connectivity index (χ4v) is 6.80. The lowest BCUT2D eigenvalue weighted by Gasteiger charge is -2.36. The van der Waals surface area contributed by atoms with Gasteiger partial charge in [-0.1, -0.05) is 29.8 Å². The maximum Gasteiger partial charge on any atom is 0.251 e. The Bertz CT molecular complexity index is 1500. The Hall–Kier alpha value is -3.35. The summed E-state index contributed by atoms with van der Waals surface area (Å²) in [6, 6.07) is 22.9. The molecule has 3 atom stereocenters. The second kappa shape index (κ2) is 10.00. The summed E-state index contributed by atoms with van der Waals surface area (Å²) in [6.45, 7) is 0. The van der Waals surface area contributed by atoms with E-state index in [9.17, 15) is 4.79 Å². The van der Waals surface area contributed by atoms with Gasteiger partial charge < -0.3 is 15.0 Å². The van der Waals surface area contributed by atoms with Gasteiger partial charge in [-0.05, 0) is 106 Å². The summed E-state index contributed by atoms with van der Waals surface area (Å²) < 4.78 is 6.38. The van der Waals surface area contributed by atoms with Crippen LogP contribution in [0.3, 0.4) is 0 Å². The third-order valence-electron chi connectivity index (χ3n) is 8.93. The molecule has 200 valence electrons. The molecule has 1 aliphatic carbocycles. The Kier molecular flexibility index (Phi) is 6.32. The molecule has 3 aliphatic rings. The van der Waals surface area contributed by atoms with Gasteiger partial charge in [-0.15, -0.1) is 0 Å². The minimum atomic E-state index is -0.100. The van der Waals surface area contributed by atoms with Gasteiger partial charge in [0.1, 0.15) is 11.9 Å². The highest BCUT2D eigenvalue weighted by atomic mass is 35.5. The monoisotopic (exact) mass is 540 g/mol. The maximum atomic E-state index is 13.4. The summed E-state index contributed by atoms with van der Waals surface area (Å²) in [7, 11) is 2.25. The lowest BCUT2D eigenvalue weighted by atomic mass is 10.0. The standard InChI is InChI=1S/C32H33ClN4O2/c1-37-22-11-12-23(37)18-25(17-22)39-24-13-8-20(9-14-24)31-27-16-21(10-15-29(27)35-36-31)32(38)34-30(19-6-7-19)26-4-2-3-5-28(26)33/h2-5,8-10,13-16,19,22-23,25,30H,6-7,11-12,17-18H2,1H3,(H,34,38)(H,35,36)/t22?,23?,25?,30-/m1/s1. The molecule has 4 aromatic rings. The Morgan fingerprint density at radius 3 is 2.49 bits per heavy atom. The molecule has 0 spiro atoms. The Morgan fingerprint density at radius 2 is 1.77 bits per heavy atom. The molecule has 2 saturated heterocycles. The van der Waals surface area contributed by atoms with E-state index < -0.39 is 0 Å². The van der Waals surface area contributed by atoms with Crippen LogP contribution in [0.5, 0.6) is 5.75 Å². The van der Waals surface area contributed by atoms with Crippen molar-refractivity contribution < 1.29 is 9.53 Å². The first-order chi connectivity index (χ1) is 19.0. The molecule has 2 bridgehead atoms. The normalized spacial score (nSPS) is 23.6. The second-order valence-electron chi connectivity index (χ2n) is 11.4. The summed E-state index contributed by atoms with van der Waals surface area (Å²) in [5, 5.41) is 12.6. The number of halogens is 1. The number of ether oxygens (including phenoxy) is 1. The van der Waals surface area contributed by atoms with Gasteiger partial charge in [0, 0.05) is 33.6 Å². The Balaban J connectivity index is 1.09. The van der Waals surface area contributed by atoms with E-state index in [1.165, 1.54) is 12.8 Å². The fraction of sp³-hybridized carbons (Fsp3) is 0.375. The number of rotatable bonds is 7. The van der Waals surface area contributed by atoms with Crippen LogP contribution in [0.25, 0.3) is 22.2 Å². The molecule has 1 amide bonds. The van der Waals surface area contributed by atoms with E-state index in [0.29, 0.717) is 28.6 Å². The van der Waals surface area contributed by atoms with Crippen LogP contribution in [0.15, 0.2) is 66.7 Å². The highest BCUT2D eigenvalue weighted by molar-refractivity contribution is 6.31. The van der Waals surface area contributed by atoms with Crippen molar-refractivity contribution in [2.24, 2.45) is 5.92 Å². The molecule has 2 aliphatic heterocycles.